The van der Waals surface area contributed by atoms with Gasteiger partial charge in [-0.3, -0.25) is 0 Å². The molecule has 0 aromatic heterocycles. The van der Waals surface area contributed by atoms with Crippen LogP contribution in [-0.2, 0) is 20.4 Å². The number of hydrogen-bond donors (Lipinski definition) is 1. The smallest absolute Gasteiger partial charge is 0.240 e. The third-order valence-corrected chi connectivity index (χ3v) is 5.99. The number of nitrogens with one attached hydrogen (secondary N) is 1. The summed E-state index contributed by atoms with van der Waals surface area (Å²) in [6.07, 6.45) is 0.656. The summed E-state index contributed by atoms with van der Waals surface area (Å²) in [5.41, 5.74) is 1.91. The van der Waals surface area contributed by atoms with Crippen LogP contribution in [0, 0.1) is 13.8 Å². The second kappa shape index (κ2) is 7.47. The van der Waals surface area contributed by atoms with Crippen LogP contribution < -0.4 is 4.72 Å². The number of hydrogen-bond acceptors (Lipinski definition) is 3. The van der Waals surface area contributed by atoms with Crippen LogP contribution >= 0.6 is 0 Å². The zero-order valence-corrected chi connectivity index (χ0v) is 15.5. The molecule has 0 amide bonds. The van der Waals surface area contributed by atoms with E-state index in [9.17, 15) is 8.42 Å². The molecule has 0 aliphatic rings. The lowest BCUT2D eigenvalue weighted by Crippen LogP contribution is -2.42. The van der Waals surface area contributed by atoms with Gasteiger partial charge in [-0.2, -0.15) is 0 Å². The van der Waals surface area contributed by atoms with E-state index in [2.05, 4.69) is 4.72 Å². The van der Waals surface area contributed by atoms with E-state index in [-0.39, 0.29) is 6.54 Å². The number of methoxy groups -OCH3 is 1. The number of benzene rings is 2. The standard InChI is InChI=1S/C19H25NO3S/c1-5-19(23-4,17-9-7-6-8-10-17)14-20-24(21,22)18-13-15(2)11-12-16(18)3/h6-13,20H,5,14H2,1-4H3. The molecule has 24 heavy (non-hydrogen) atoms. The van der Waals surface area contributed by atoms with Crippen molar-refractivity contribution in [2.75, 3.05) is 13.7 Å². The Balaban J connectivity index is 2.31. The van der Waals surface area contributed by atoms with Gasteiger partial charge in [0.15, 0.2) is 0 Å². The van der Waals surface area contributed by atoms with Gasteiger partial charge in [0.25, 0.3) is 0 Å². The van der Waals surface area contributed by atoms with Crippen LogP contribution in [0.5, 0.6) is 0 Å². The Morgan fingerprint density at radius 1 is 1.08 bits per heavy atom. The van der Waals surface area contributed by atoms with Crippen molar-refractivity contribution in [1.82, 2.24) is 4.72 Å². The predicted molar refractivity (Wildman–Crippen MR) is 96.5 cm³/mol. The molecular formula is C19H25NO3S. The first kappa shape index (κ1) is 18.6. The summed E-state index contributed by atoms with van der Waals surface area (Å²) in [4.78, 5) is 0.316. The maximum Gasteiger partial charge on any atom is 0.240 e. The maximum atomic E-state index is 12.7. The van der Waals surface area contributed by atoms with E-state index in [0.29, 0.717) is 11.3 Å². The minimum Gasteiger partial charge on any atom is -0.372 e. The molecule has 0 bridgehead atoms. The Labute approximate surface area is 144 Å². The van der Waals surface area contributed by atoms with Crippen LogP contribution in [0.4, 0.5) is 0 Å². The summed E-state index contributed by atoms with van der Waals surface area (Å²) in [6.45, 7) is 5.85. The molecule has 0 saturated heterocycles. The van der Waals surface area contributed by atoms with Crippen molar-refractivity contribution in [1.29, 1.82) is 0 Å². The molecule has 4 nitrogen and oxygen atoms in total. The van der Waals surface area contributed by atoms with Crippen LogP contribution in [0.2, 0.25) is 0 Å². The van der Waals surface area contributed by atoms with E-state index in [4.69, 9.17) is 4.74 Å². The van der Waals surface area contributed by atoms with Crippen molar-refractivity contribution < 1.29 is 13.2 Å². The molecule has 0 spiro atoms. The summed E-state index contributed by atoms with van der Waals surface area (Å²) < 4.78 is 34.0. The number of aryl methyl sites for hydroxylation is 2. The van der Waals surface area contributed by atoms with E-state index in [1.165, 1.54) is 0 Å². The zero-order chi connectivity index (χ0) is 17.8. The van der Waals surface area contributed by atoms with Gasteiger partial charge in [-0.1, -0.05) is 49.4 Å². The SMILES string of the molecule is CCC(CNS(=O)(=O)c1cc(C)ccc1C)(OC)c1ccccc1. The Hall–Kier alpha value is -1.69. The molecule has 0 saturated carbocycles. The minimum absolute atomic E-state index is 0.180. The van der Waals surface area contributed by atoms with Gasteiger partial charge in [0.05, 0.1) is 4.90 Å². The van der Waals surface area contributed by atoms with E-state index in [0.717, 1.165) is 16.7 Å². The highest BCUT2D eigenvalue weighted by atomic mass is 32.2. The molecule has 2 rings (SSSR count). The van der Waals surface area contributed by atoms with Gasteiger partial charge < -0.3 is 4.74 Å². The fourth-order valence-corrected chi connectivity index (χ4v) is 4.21. The molecule has 0 aliphatic heterocycles. The van der Waals surface area contributed by atoms with Crippen molar-refractivity contribution in [2.24, 2.45) is 0 Å². The number of ether oxygens (including phenoxy) is 1. The summed E-state index contributed by atoms with van der Waals surface area (Å²) >= 11 is 0. The molecule has 1 atom stereocenters. The van der Waals surface area contributed by atoms with Gasteiger partial charge in [-0.25, -0.2) is 13.1 Å². The largest absolute Gasteiger partial charge is 0.372 e. The first-order chi connectivity index (χ1) is 11.3. The highest BCUT2D eigenvalue weighted by Gasteiger charge is 2.32. The Morgan fingerprint density at radius 3 is 2.33 bits per heavy atom. The van der Waals surface area contributed by atoms with E-state index in [1.54, 1.807) is 20.1 Å². The molecule has 2 aromatic rings. The second-order valence-electron chi connectivity index (χ2n) is 6.01. The summed E-state index contributed by atoms with van der Waals surface area (Å²) in [6, 6.07) is 15.1. The first-order valence-corrected chi connectivity index (χ1v) is 9.50. The van der Waals surface area contributed by atoms with Crippen molar-refractivity contribution >= 4 is 10.0 Å². The normalized spacial score (nSPS) is 14.3. The molecule has 2 aromatic carbocycles. The lowest BCUT2D eigenvalue weighted by molar-refractivity contribution is -0.0133. The van der Waals surface area contributed by atoms with Crippen LogP contribution in [0.15, 0.2) is 53.4 Å². The maximum absolute atomic E-state index is 12.7. The number of rotatable bonds is 7. The lowest BCUT2D eigenvalue weighted by Gasteiger charge is -2.32. The second-order valence-corrected chi connectivity index (χ2v) is 7.75. The first-order valence-electron chi connectivity index (χ1n) is 8.02. The molecule has 0 heterocycles. The summed E-state index contributed by atoms with van der Waals surface area (Å²) in [5, 5.41) is 0. The van der Waals surface area contributed by atoms with Crippen LogP contribution in [-0.4, -0.2) is 22.1 Å². The zero-order valence-electron chi connectivity index (χ0n) is 14.7. The Bertz CT molecular complexity index is 782. The van der Waals surface area contributed by atoms with Crippen LogP contribution in [0.3, 0.4) is 0 Å². The fourth-order valence-electron chi connectivity index (χ4n) is 2.79. The Kier molecular flexibility index (Phi) is 5.80. The molecule has 0 radical (unpaired) electrons. The van der Waals surface area contributed by atoms with Crippen LogP contribution in [0.1, 0.15) is 30.0 Å². The minimum atomic E-state index is -3.60. The van der Waals surface area contributed by atoms with E-state index >= 15 is 0 Å². The third kappa shape index (κ3) is 3.86. The van der Waals surface area contributed by atoms with Gasteiger partial charge in [-0.15, -0.1) is 0 Å². The van der Waals surface area contributed by atoms with E-state index < -0.39 is 15.6 Å². The monoisotopic (exact) mass is 347 g/mol. The van der Waals surface area contributed by atoms with Crippen molar-refractivity contribution in [2.45, 2.75) is 37.7 Å². The highest BCUT2D eigenvalue weighted by Crippen LogP contribution is 2.29. The molecule has 130 valence electrons. The van der Waals surface area contributed by atoms with Gasteiger partial charge in [0.2, 0.25) is 10.0 Å². The molecule has 0 aliphatic carbocycles. The van der Waals surface area contributed by atoms with Crippen molar-refractivity contribution in [3.63, 3.8) is 0 Å². The van der Waals surface area contributed by atoms with E-state index in [1.807, 2.05) is 56.3 Å². The average molecular weight is 347 g/mol. The molecule has 1 unspecified atom stereocenters. The van der Waals surface area contributed by atoms with Gasteiger partial charge in [0.1, 0.15) is 5.60 Å². The molecule has 0 fully saturated rings. The van der Waals surface area contributed by atoms with Crippen molar-refractivity contribution in [3.05, 3.63) is 65.2 Å². The summed E-state index contributed by atoms with van der Waals surface area (Å²) in [7, 11) is -1.99. The van der Waals surface area contributed by atoms with Gasteiger partial charge in [0, 0.05) is 13.7 Å². The predicted octanol–water partition coefficient (Wildman–Crippen LogP) is 3.53. The van der Waals surface area contributed by atoms with Crippen LogP contribution in [0.25, 0.3) is 0 Å². The lowest BCUT2D eigenvalue weighted by atomic mass is 9.91. The quantitative estimate of drug-likeness (QED) is 0.833. The average Bonchev–Trinajstić information content (AvgIpc) is 2.59. The highest BCUT2D eigenvalue weighted by molar-refractivity contribution is 7.89. The van der Waals surface area contributed by atoms with Crippen molar-refractivity contribution in [3.8, 4) is 0 Å². The van der Waals surface area contributed by atoms with Gasteiger partial charge in [-0.05, 0) is 43.0 Å². The van der Waals surface area contributed by atoms with Gasteiger partial charge >= 0.3 is 0 Å². The Morgan fingerprint density at radius 2 is 1.75 bits per heavy atom. The number of sulfonamides is 1. The fraction of sp³-hybridized carbons (Fsp3) is 0.368. The molecule has 1 N–H and O–H groups in total. The third-order valence-electron chi connectivity index (χ3n) is 4.44. The summed E-state index contributed by atoms with van der Waals surface area (Å²) in [5.74, 6) is 0. The molecular weight excluding hydrogens is 322 g/mol. The molecule has 5 heteroatoms. The topological polar surface area (TPSA) is 55.4 Å².